The summed E-state index contributed by atoms with van der Waals surface area (Å²) >= 11 is 6.27. The highest BCUT2D eigenvalue weighted by Gasteiger charge is 2.31. The number of halogens is 1. The summed E-state index contributed by atoms with van der Waals surface area (Å²) in [5.74, 6) is 0.00402. The van der Waals surface area contributed by atoms with Crippen LogP contribution >= 0.6 is 11.6 Å². The number of nitrogens with zero attached hydrogens (tertiary/aromatic N) is 2. The first-order valence-corrected chi connectivity index (χ1v) is 8.61. The molecule has 1 N–H and O–H groups in total. The lowest BCUT2D eigenvalue weighted by molar-refractivity contribution is -0.129. The molecule has 2 aliphatic rings. The van der Waals surface area contributed by atoms with Crippen LogP contribution in [-0.4, -0.2) is 47.9 Å². The van der Waals surface area contributed by atoms with Gasteiger partial charge in [0.1, 0.15) is 0 Å². The Bertz CT molecular complexity index is 587. The summed E-state index contributed by atoms with van der Waals surface area (Å²) in [4.78, 5) is 28.1. The number of carbonyl (C=O) groups is 2. The number of amides is 3. The predicted octanol–water partition coefficient (Wildman–Crippen LogP) is 2.81. The summed E-state index contributed by atoms with van der Waals surface area (Å²) in [5.41, 5.74) is 0.979. The minimum atomic E-state index is -0.181. The molecule has 1 atom stereocenters. The van der Waals surface area contributed by atoms with Gasteiger partial charge in [0, 0.05) is 24.7 Å². The minimum absolute atomic E-state index is 0.00402. The SMILES string of the molecule is O=C(CNC(=O)N1CCC[C@@H]1c1ccccc1Cl)N1CCCC1. The number of carbonyl (C=O) groups excluding carboxylic acids is 2. The Kier molecular flexibility index (Phi) is 5.06. The van der Waals surface area contributed by atoms with Crippen LogP contribution in [0.1, 0.15) is 37.3 Å². The third kappa shape index (κ3) is 3.61. The Hall–Kier alpha value is -1.75. The molecule has 0 aliphatic carbocycles. The number of benzene rings is 1. The first kappa shape index (κ1) is 16.1. The Morgan fingerprint density at radius 1 is 1.13 bits per heavy atom. The number of urea groups is 1. The van der Waals surface area contributed by atoms with Crippen molar-refractivity contribution in [3.05, 3.63) is 34.9 Å². The zero-order valence-corrected chi connectivity index (χ0v) is 13.9. The molecule has 1 aromatic rings. The van der Waals surface area contributed by atoms with E-state index in [0.29, 0.717) is 11.6 Å². The van der Waals surface area contributed by atoms with Crippen molar-refractivity contribution >= 4 is 23.5 Å². The Labute approximate surface area is 141 Å². The average Bonchev–Trinajstić information content (AvgIpc) is 3.24. The number of rotatable bonds is 3. The van der Waals surface area contributed by atoms with Crippen molar-refractivity contribution in [2.75, 3.05) is 26.2 Å². The van der Waals surface area contributed by atoms with Gasteiger partial charge in [0.2, 0.25) is 5.91 Å². The van der Waals surface area contributed by atoms with Gasteiger partial charge in [-0.2, -0.15) is 0 Å². The largest absolute Gasteiger partial charge is 0.341 e. The fourth-order valence-electron chi connectivity index (χ4n) is 3.41. The summed E-state index contributed by atoms with van der Waals surface area (Å²) in [6.07, 6.45) is 3.96. The van der Waals surface area contributed by atoms with Crippen molar-refractivity contribution < 1.29 is 9.59 Å². The topological polar surface area (TPSA) is 52.7 Å². The molecule has 2 saturated heterocycles. The average molecular weight is 336 g/mol. The third-order valence-electron chi connectivity index (χ3n) is 4.63. The van der Waals surface area contributed by atoms with Crippen LogP contribution in [0.25, 0.3) is 0 Å². The lowest BCUT2D eigenvalue weighted by Crippen LogP contribution is -2.44. The summed E-state index contributed by atoms with van der Waals surface area (Å²) < 4.78 is 0. The second-order valence-electron chi connectivity index (χ2n) is 6.12. The van der Waals surface area contributed by atoms with Gasteiger partial charge in [0.05, 0.1) is 12.6 Å². The Morgan fingerprint density at radius 2 is 1.87 bits per heavy atom. The normalized spacial score (nSPS) is 20.8. The number of hydrogen-bond acceptors (Lipinski definition) is 2. The fourth-order valence-corrected chi connectivity index (χ4v) is 3.67. The maximum Gasteiger partial charge on any atom is 0.318 e. The fraction of sp³-hybridized carbons (Fsp3) is 0.529. The summed E-state index contributed by atoms with van der Waals surface area (Å²) in [6, 6.07) is 7.45. The summed E-state index contributed by atoms with van der Waals surface area (Å²) in [5, 5.41) is 3.46. The zero-order valence-electron chi connectivity index (χ0n) is 13.1. The first-order valence-electron chi connectivity index (χ1n) is 8.23. The van der Waals surface area contributed by atoms with Gasteiger partial charge in [0.15, 0.2) is 0 Å². The smallest absolute Gasteiger partial charge is 0.318 e. The summed E-state index contributed by atoms with van der Waals surface area (Å²) in [7, 11) is 0. The molecule has 23 heavy (non-hydrogen) atoms. The predicted molar refractivity (Wildman–Crippen MR) is 89.3 cm³/mol. The first-order chi connectivity index (χ1) is 11.2. The van der Waals surface area contributed by atoms with Crippen molar-refractivity contribution in [3.8, 4) is 0 Å². The molecule has 0 radical (unpaired) electrons. The number of likely N-dealkylation sites (tertiary alicyclic amines) is 2. The molecule has 0 bridgehead atoms. The number of hydrogen-bond donors (Lipinski definition) is 1. The molecule has 2 heterocycles. The molecule has 6 heteroatoms. The second-order valence-corrected chi connectivity index (χ2v) is 6.53. The van der Waals surface area contributed by atoms with E-state index in [1.165, 1.54) is 0 Å². The molecule has 2 aliphatic heterocycles. The molecule has 0 spiro atoms. The Morgan fingerprint density at radius 3 is 2.61 bits per heavy atom. The third-order valence-corrected chi connectivity index (χ3v) is 4.97. The van der Waals surface area contributed by atoms with Crippen LogP contribution in [0.15, 0.2) is 24.3 Å². The van der Waals surface area contributed by atoms with Crippen molar-refractivity contribution in [2.45, 2.75) is 31.7 Å². The molecule has 5 nitrogen and oxygen atoms in total. The van der Waals surface area contributed by atoms with Crippen LogP contribution in [0, 0.1) is 0 Å². The van der Waals surface area contributed by atoms with Crippen LogP contribution in [0.2, 0.25) is 5.02 Å². The molecule has 2 fully saturated rings. The van der Waals surface area contributed by atoms with E-state index in [9.17, 15) is 9.59 Å². The van der Waals surface area contributed by atoms with Crippen molar-refractivity contribution in [2.24, 2.45) is 0 Å². The molecule has 0 unspecified atom stereocenters. The molecule has 3 rings (SSSR count). The van der Waals surface area contributed by atoms with Gasteiger partial charge in [-0.25, -0.2) is 4.79 Å². The maximum absolute atomic E-state index is 12.5. The van der Waals surface area contributed by atoms with Crippen LogP contribution in [-0.2, 0) is 4.79 Å². The van der Waals surface area contributed by atoms with Crippen LogP contribution in [0.3, 0.4) is 0 Å². The van der Waals surface area contributed by atoms with Gasteiger partial charge in [-0.3, -0.25) is 4.79 Å². The molecule has 1 aromatic carbocycles. The highest BCUT2D eigenvalue weighted by atomic mass is 35.5. The van der Waals surface area contributed by atoms with Crippen LogP contribution in [0.4, 0.5) is 4.79 Å². The van der Waals surface area contributed by atoms with E-state index in [0.717, 1.165) is 44.3 Å². The summed E-state index contributed by atoms with van der Waals surface area (Å²) in [6.45, 7) is 2.38. The zero-order chi connectivity index (χ0) is 16.2. The molecular formula is C17H22ClN3O2. The van der Waals surface area contributed by atoms with Gasteiger partial charge in [0.25, 0.3) is 0 Å². The quantitative estimate of drug-likeness (QED) is 0.923. The maximum atomic E-state index is 12.5. The minimum Gasteiger partial charge on any atom is -0.341 e. The molecule has 0 saturated carbocycles. The van der Waals surface area contributed by atoms with Crippen LogP contribution in [0.5, 0.6) is 0 Å². The second kappa shape index (κ2) is 7.21. The van der Waals surface area contributed by atoms with E-state index in [-0.39, 0.29) is 24.5 Å². The van der Waals surface area contributed by atoms with E-state index in [4.69, 9.17) is 11.6 Å². The molecular weight excluding hydrogens is 314 g/mol. The molecule has 3 amide bonds. The standard InChI is InChI=1S/C17H22ClN3O2/c18-14-7-2-1-6-13(14)15-8-5-11-21(15)17(23)19-12-16(22)20-9-3-4-10-20/h1-2,6-7,15H,3-5,8-12H2,(H,19,23)/t15-/m1/s1. The van der Waals surface area contributed by atoms with E-state index < -0.39 is 0 Å². The highest BCUT2D eigenvalue weighted by Crippen LogP contribution is 2.35. The van der Waals surface area contributed by atoms with Crippen molar-refractivity contribution in [1.29, 1.82) is 0 Å². The van der Waals surface area contributed by atoms with Gasteiger partial charge in [-0.1, -0.05) is 29.8 Å². The van der Waals surface area contributed by atoms with E-state index >= 15 is 0 Å². The van der Waals surface area contributed by atoms with Gasteiger partial charge < -0.3 is 15.1 Å². The van der Waals surface area contributed by atoms with E-state index in [1.54, 1.807) is 4.90 Å². The molecule has 0 aromatic heterocycles. The van der Waals surface area contributed by atoms with E-state index in [2.05, 4.69) is 5.32 Å². The van der Waals surface area contributed by atoms with E-state index in [1.807, 2.05) is 29.2 Å². The Balaban J connectivity index is 1.60. The van der Waals surface area contributed by atoms with Crippen molar-refractivity contribution in [1.82, 2.24) is 15.1 Å². The van der Waals surface area contributed by atoms with Gasteiger partial charge in [-0.05, 0) is 37.3 Å². The lowest BCUT2D eigenvalue weighted by Gasteiger charge is -2.26. The van der Waals surface area contributed by atoms with Gasteiger partial charge >= 0.3 is 6.03 Å². The van der Waals surface area contributed by atoms with Gasteiger partial charge in [-0.15, -0.1) is 0 Å². The van der Waals surface area contributed by atoms with Crippen molar-refractivity contribution in [3.63, 3.8) is 0 Å². The number of nitrogens with one attached hydrogen (secondary N) is 1. The van der Waals surface area contributed by atoms with Crippen LogP contribution < -0.4 is 5.32 Å². The monoisotopic (exact) mass is 335 g/mol. The lowest BCUT2D eigenvalue weighted by atomic mass is 10.0. The highest BCUT2D eigenvalue weighted by molar-refractivity contribution is 6.31. The molecule has 124 valence electrons.